The molecule has 4 nitrogen and oxygen atoms in total. The van der Waals surface area contributed by atoms with Crippen molar-refractivity contribution in [3.63, 3.8) is 0 Å². The largest absolute Gasteiger partial charge is 0.292 e. The number of fused-ring (bicyclic) bond motifs is 3. The molecule has 3 aromatic heterocycles. The molecule has 3 heterocycles. The van der Waals surface area contributed by atoms with Crippen molar-refractivity contribution in [3.8, 4) is 0 Å². The van der Waals surface area contributed by atoms with E-state index < -0.39 is 0 Å². The van der Waals surface area contributed by atoms with Gasteiger partial charge in [-0.2, -0.15) is 0 Å². The predicted molar refractivity (Wildman–Crippen MR) is 122 cm³/mol. The first kappa shape index (κ1) is 19.8. The third-order valence-electron chi connectivity index (χ3n) is 5.86. The average Bonchev–Trinajstić information content (AvgIpc) is 3.45. The summed E-state index contributed by atoms with van der Waals surface area (Å²) in [6.07, 6.45) is 8.71. The molecule has 0 aromatic carbocycles. The zero-order valence-electron chi connectivity index (χ0n) is 15.9. The lowest BCUT2D eigenvalue weighted by Crippen LogP contribution is -2.27. The number of carbonyl (C=O) groups is 1. The van der Waals surface area contributed by atoms with Gasteiger partial charge in [0.05, 0.1) is 20.4 Å². The highest BCUT2D eigenvalue weighted by Crippen LogP contribution is 2.37. The van der Waals surface area contributed by atoms with E-state index in [0.717, 1.165) is 55.2 Å². The van der Waals surface area contributed by atoms with Crippen LogP contribution >= 0.6 is 46.0 Å². The smallest absolute Gasteiger partial charge is 0.263 e. The molecule has 1 saturated carbocycles. The molecule has 0 amide bonds. The van der Waals surface area contributed by atoms with Gasteiger partial charge in [-0.1, -0.05) is 36.2 Å². The fourth-order valence-corrected chi connectivity index (χ4v) is 7.77. The highest BCUT2D eigenvalue weighted by atomic mass is 35.5. The van der Waals surface area contributed by atoms with E-state index in [0.29, 0.717) is 14.4 Å². The molecule has 8 heteroatoms. The molecule has 0 aliphatic heterocycles. The number of nitrogens with zero attached hydrogens (tertiary/aromatic N) is 2. The molecular weight excluding hydrogens is 444 g/mol. The fourth-order valence-electron chi connectivity index (χ4n) is 4.45. The Labute approximate surface area is 186 Å². The number of Topliss-reactive ketones (excluding diaryl/α,β-unsaturated/α-hetero) is 1. The molecule has 152 valence electrons. The van der Waals surface area contributed by atoms with Gasteiger partial charge in [0, 0.05) is 10.9 Å². The van der Waals surface area contributed by atoms with Crippen molar-refractivity contribution in [3.05, 3.63) is 42.1 Å². The molecule has 29 heavy (non-hydrogen) atoms. The summed E-state index contributed by atoms with van der Waals surface area (Å²) in [4.78, 5) is 34.0. The van der Waals surface area contributed by atoms with Gasteiger partial charge in [-0.15, -0.1) is 22.7 Å². The highest BCUT2D eigenvalue weighted by molar-refractivity contribution is 7.99. The minimum Gasteiger partial charge on any atom is -0.292 e. The maximum atomic E-state index is 13.6. The van der Waals surface area contributed by atoms with Gasteiger partial charge in [-0.25, -0.2) is 4.98 Å². The Kier molecular flexibility index (Phi) is 5.58. The van der Waals surface area contributed by atoms with E-state index in [1.165, 1.54) is 40.0 Å². The summed E-state index contributed by atoms with van der Waals surface area (Å²) in [5.41, 5.74) is 1.34. The summed E-state index contributed by atoms with van der Waals surface area (Å²) in [6, 6.07) is 3.72. The van der Waals surface area contributed by atoms with Crippen LogP contribution in [0.2, 0.25) is 4.34 Å². The van der Waals surface area contributed by atoms with Crippen LogP contribution < -0.4 is 5.56 Å². The van der Waals surface area contributed by atoms with Gasteiger partial charge in [0.2, 0.25) is 0 Å². The highest BCUT2D eigenvalue weighted by Gasteiger charge is 2.27. The fraction of sp³-hybridized carbons (Fsp3) is 0.476. The lowest BCUT2D eigenvalue weighted by molar-refractivity contribution is 0.102. The van der Waals surface area contributed by atoms with Crippen LogP contribution in [0.25, 0.3) is 10.2 Å². The van der Waals surface area contributed by atoms with Gasteiger partial charge < -0.3 is 0 Å². The van der Waals surface area contributed by atoms with Gasteiger partial charge in [0.1, 0.15) is 4.83 Å². The number of ketones is 1. The van der Waals surface area contributed by atoms with Crippen LogP contribution in [-0.4, -0.2) is 21.1 Å². The minimum absolute atomic E-state index is 0.0321. The second-order valence-corrected chi connectivity index (χ2v) is 11.5. The monoisotopic (exact) mass is 464 g/mol. The van der Waals surface area contributed by atoms with Crippen molar-refractivity contribution < 1.29 is 4.79 Å². The Bertz CT molecular complexity index is 1140. The van der Waals surface area contributed by atoms with Crippen LogP contribution in [0.5, 0.6) is 0 Å². The number of thiophene rings is 2. The Morgan fingerprint density at radius 1 is 1.17 bits per heavy atom. The zero-order valence-corrected chi connectivity index (χ0v) is 19.1. The number of carbonyl (C=O) groups excluding carboxylic acids is 1. The van der Waals surface area contributed by atoms with Crippen LogP contribution in [0.4, 0.5) is 0 Å². The normalized spacial score (nSPS) is 17.1. The van der Waals surface area contributed by atoms with Crippen LogP contribution in [0, 0.1) is 0 Å². The Hall–Kier alpha value is -1.15. The van der Waals surface area contributed by atoms with E-state index in [9.17, 15) is 9.59 Å². The second kappa shape index (κ2) is 8.17. The molecular formula is C21H21ClN2O2S3. The Morgan fingerprint density at radius 3 is 2.72 bits per heavy atom. The molecule has 0 N–H and O–H groups in total. The van der Waals surface area contributed by atoms with E-state index in [1.807, 2.05) is 4.57 Å². The Morgan fingerprint density at radius 2 is 1.97 bits per heavy atom. The standard InChI is InChI=1S/C21H21ClN2O2S3/c22-17-10-9-16(28-17)14(25)11-27-21-23-19-18(13-7-3-4-8-15(13)29-19)20(26)24(21)12-5-1-2-6-12/h9-10,12H,1-8,11H2. The van der Waals surface area contributed by atoms with E-state index in [2.05, 4.69) is 0 Å². The molecule has 0 unspecified atom stereocenters. The van der Waals surface area contributed by atoms with E-state index in [4.69, 9.17) is 16.6 Å². The molecule has 1 fully saturated rings. The Balaban J connectivity index is 1.55. The third-order valence-corrected chi connectivity index (χ3v) is 9.27. The van der Waals surface area contributed by atoms with Crippen LogP contribution in [0.1, 0.15) is 64.7 Å². The van der Waals surface area contributed by atoms with Gasteiger partial charge >= 0.3 is 0 Å². The summed E-state index contributed by atoms with van der Waals surface area (Å²) < 4.78 is 2.53. The van der Waals surface area contributed by atoms with Gasteiger partial charge in [-0.3, -0.25) is 14.2 Å². The van der Waals surface area contributed by atoms with Crippen molar-refractivity contribution >= 4 is 62.0 Å². The number of halogens is 1. The first-order valence-electron chi connectivity index (χ1n) is 10.1. The van der Waals surface area contributed by atoms with E-state index >= 15 is 0 Å². The predicted octanol–water partition coefficient (Wildman–Crippen LogP) is 6.14. The van der Waals surface area contributed by atoms with Crippen molar-refractivity contribution in [2.24, 2.45) is 0 Å². The zero-order chi connectivity index (χ0) is 20.0. The summed E-state index contributed by atoms with van der Waals surface area (Å²) in [5, 5.41) is 1.54. The third kappa shape index (κ3) is 3.71. The van der Waals surface area contributed by atoms with Crippen LogP contribution in [0.3, 0.4) is 0 Å². The molecule has 0 bridgehead atoms. The SMILES string of the molecule is O=C(CSc1nc2sc3c(c2c(=O)n1C1CCCC1)CCCC3)c1ccc(Cl)s1. The molecule has 5 rings (SSSR count). The lowest BCUT2D eigenvalue weighted by Gasteiger charge is -2.18. The molecule has 0 radical (unpaired) electrons. The minimum atomic E-state index is 0.0321. The van der Waals surface area contributed by atoms with Gasteiger partial charge in [0.25, 0.3) is 5.56 Å². The summed E-state index contributed by atoms with van der Waals surface area (Å²) in [5.74, 6) is 0.303. The summed E-state index contributed by atoms with van der Waals surface area (Å²) in [7, 11) is 0. The first-order valence-corrected chi connectivity index (χ1v) is 13.1. The lowest BCUT2D eigenvalue weighted by atomic mass is 9.97. The quantitative estimate of drug-likeness (QED) is 0.258. The van der Waals surface area contributed by atoms with Crippen molar-refractivity contribution in [1.29, 1.82) is 0 Å². The van der Waals surface area contributed by atoms with Crippen LogP contribution in [-0.2, 0) is 12.8 Å². The van der Waals surface area contributed by atoms with E-state index in [-0.39, 0.29) is 23.1 Å². The number of rotatable bonds is 5. The van der Waals surface area contributed by atoms with Crippen LogP contribution in [0.15, 0.2) is 22.1 Å². The van der Waals surface area contributed by atoms with Gasteiger partial charge in [-0.05, 0) is 56.2 Å². The number of hydrogen-bond acceptors (Lipinski definition) is 6. The summed E-state index contributed by atoms with van der Waals surface area (Å²) in [6.45, 7) is 0. The second-order valence-electron chi connectivity index (χ2n) is 7.71. The first-order chi connectivity index (χ1) is 14.1. The van der Waals surface area contributed by atoms with Gasteiger partial charge in [0.15, 0.2) is 10.9 Å². The maximum Gasteiger partial charge on any atom is 0.263 e. The molecule has 2 aliphatic carbocycles. The average molecular weight is 465 g/mol. The van der Waals surface area contributed by atoms with E-state index in [1.54, 1.807) is 23.5 Å². The molecule has 0 spiro atoms. The maximum absolute atomic E-state index is 13.6. The topological polar surface area (TPSA) is 52.0 Å². The number of hydrogen-bond donors (Lipinski definition) is 0. The molecule has 2 aliphatic rings. The van der Waals surface area contributed by atoms with Crippen molar-refractivity contribution in [2.75, 3.05) is 5.75 Å². The van der Waals surface area contributed by atoms with Crippen molar-refractivity contribution in [2.45, 2.75) is 62.6 Å². The van der Waals surface area contributed by atoms with Crippen molar-refractivity contribution in [1.82, 2.24) is 9.55 Å². The molecule has 3 aromatic rings. The number of aromatic nitrogens is 2. The number of aryl methyl sites for hydroxylation is 2. The summed E-state index contributed by atoms with van der Waals surface area (Å²) >= 11 is 10.3. The molecule has 0 saturated heterocycles. The molecule has 0 atom stereocenters. The number of thioether (sulfide) groups is 1.